The first-order chi connectivity index (χ1) is 15.9. The van der Waals surface area contributed by atoms with E-state index >= 15 is 0 Å². The Hall–Kier alpha value is -3.22. The molecule has 7 nitrogen and oxygen atoms in total. The van der Waals surface area contributed by atoms with Gasteiger partial charge in [-0.1, -0.05) is 26.3 Å². The molecule has 7 heteroatoms. The van der Waals surface area contributed by atoms with Gasteiger partial charge in [-0.15, -0.1) is 0 Å². The number of hydrogen-bond donors (Lipinski definition) is 0. The minimum Gasteiger partial charge on any atom is -0.493 e. The fourth-order valence-electron chi connectivity index (χ4n) is 4.19. The van der Waals surface area contributed by atoms with Crippen LogP contribution in [0.2, 0.25) is 0 Å². The molecule has 0 radical (unpaired) electrons. The van der Waals surface area contributed by atoms with E-state index in [1.54, 1.807) is 20.3 Å². The van der Waals surface area contributed by atoms with Gasteiger partial charge < -0.3 is 23.7 Å². The summed E-state index contributed by atoms with van der Waals surface area (Å²) in [5.41, 5.74) is 2.38. The summed E-state index contributed by atoms with van der Waals surface area (Å²) in [6.45, 7) is 4.85. The van der Waals surface area contributed by atoms with Crippen LogP contribution in [0.5, 0.6) is 17.2 Å². The SMILES string of the molecule is COc1ccc(-c2ccc3c(c2)COC3=O)c(OCC2(C(=O)OCC(C)C)CCC2)c1OC. The average Bonchev–Trinajstić information content (AvgIpc) is 3.16. The quantitative estimate of drug-likeness (QED) is 0.504. The predicted octanol–water partition coefficient (Wildman–Crippen LogP) is 4.79. The number of carbonyl (C=O) groups excluding carboxylic acids is 2. The van der Waals surface area contributed by atoms with Gasteiger partial charge in [0.25, 0.3) is 0 Å². The first-order valence-corrected chi connectivity index (χ1v) is 11.2. The lowest BCUT2D eigenvalue weighted by molar-refractivity contribution is -0.165. The van der Waals surface area contributed by atoms with E-state index in [4.69, 9.17) is 23.7 Å². The molecule has 2 aromatic rings. The molecule has 0 saturated heterocycles. The third-order valence-electron chi connectivity index (χ3n) is 6.28. The van der Waals surface area contributed by atoms with Crippen molar-refractivity contribution in [2.45, 2.75) is 39.7 Å². The highest BCUT2D eigenvalue weighted by molar-refractivity contribution is 5.94. The highest BCUT2D eigenvalue weighted by Crippen LogP contribution is 2.48. The Labute approximate surface area is 193 Å². The Bertz CT molecular complexity index is 1050. The molecule has 0 unspecified atom stereocenters. The molecule has 176 valence electrons. The minimum atomic E-state index is -0.654. The van der Waals surface area contributed by atoms with E-state index in [1.165, 1.54) is 0 Å². The number of methoxy groups -OCH3 is 2. The molecule has 0 amide bonds. The van der Waals surface area contributed by atoms with Crippen molar-refractivity contribution in [3.05, 3.63) is 41.5 Å². The van der Waals surface area contributed by atoms with E-state index in [0.29, 0.717) is 29.4 Å². The van der Waals surface area contributed by atoms with E-state index in [-0.39, 0.29) is 31.1 Å². The summed E-state index contributed by atoms with van der Waals surface area (Å²) in [4.78, 5) is 24.7. The molecule has 1 aliphatic heterocycles. The second kappa shape index (κ2) is 9.33. The number of fused-ring (bicyclic) bond motifs is 1. The number of benzene rings is 2. The largest absolute Gasteiger partial charge is 0.493 e. The van der Waals surface area contributed by atoms with Crippen LogP contribution in [0.3, 0.4) is 0 Å². The number of hydrogen-bond acceptors (Lipinski definition) is 7. The van der Waals surface area contributed by atoms with Crippen molar-refractivity contribution in [1.82, 2.24) is 0 Å². The average molecular weight is 455 g/mol. The molecule has 0 atom stereocenters. The molecule has 1 heterocycles. The Morgan fingerprint density at radius 2 is 1.82 bits per heavy atom. The zero-order valence-electron chi connectivity index (χ0n) is 19.6. The van der Waals surface area contributed by atoms with Crippen LogP contribution in [0.25, 0.3) is 11.1 Å². The van der Waals surface area contributed by atoms with Gasteiger partial charge in [-0.2, -0.15) is 0 Å². The lowest BCUT2D eigenvalue weighted by Crippen LogP contribution is -2.44. The molecule has 0 spiro atoms. The van der Waals surface area contributed by atoms with Gasteiger partial charge in [-0.3, -0.25) is 4.79 Å². The molecule has 4 rings (SSSR count). The third kappa shape index (κ3) is 4.36. The zero-order valence-corrected chi connectivity index (χ0v) is 19.6. The van der Waals surface area contributed by atoms with E-state index in [0.717, 1.165) is 36.0 Å². The molecular weight excluding hydrogens is 424 g/mol. The lowest BCUT2D eigenvalue weighted by Gasteiger charge is -2.39. The Morgan fingerprint density at radius 3 is 2.45 bits per heavy atom. The van der Waals surface area contributed by atoms with Crippen molar-refractivity contribution in [2.24, 2.45) is 11.3 Å². The van der Waals surface area contributed by atoms with Crippen LogP contribution < -0.4 is 14.2 Å². The van der Waals surface area contributed by atoms with Crippen molar-refractivity contribution < 1.29 is 33.3 Å². The fraction of sp³-hybridized carbons (Fsp3) is 0.462. The molecule has 2 aromatic carbocycles. The van der Waals surface area contributed by atoms with Crippen molar-refractivity contribution in [3.63, 3.8) is 0 Å². The van der Waals surface area contributed by atoms with Crippen molar-refractivity contribution in [3.8, 4) is 28.4 Å². The van der Waals surface area contributed by atoms with Crippen LogP contribution >= 0.6 is 0 Å². The molecule has 0 N–H and O–H groups in total. The summed E-state index contributed by atoms with van der Waals surface area (Å²) >= 11 is 0. The molecule has 0 aromatic heterocycles. The normalized spacial score (nSPS) is 16.0. The van der Waals surface area contributed by atoms with Crippen LogP contribution in [-0.4, -0.2) is 39.4 Å². The van der Waals surface area contributed by atoms with Crippen LogP contribution in [-0.2, 0) is 20.9 Å². The van der Waals surface area contributed by atoms with Crippen molar-refractivity contribution >= 4 is 11.9 Å². The third-order valence-corrected chi connectivity index (χ3v) is 6.28. The maximum absolute atomic E-state index is 12.9. The Balaban J connectivity index is 1.67. The molecule has 1 fully saturated rings. The number of cyclic esters (lactones) is 1. The first kappa shape index (κ1) is 23.0. The zero-order chi connectivity index (χ0) is 23.6. The first-order valence-electron chi connectivity index (χ1n) is 11.2. The molecular formula is C26H30O7. The Morgan fingerprint density at radius 1 is 1.06 bits per heavy atom. The number of rotatable bonds is 9. The maximum atomic E-state index is 12.9. The van der Waals surface area contributed by atoms with Gasteiger partial charge in [0.1, 0.15) is 18.6 Å². The van der Waals surface area contributed by atoms with Gasteiger partial charge in [0.15, 0.2) is 11.5 Å². The summed E-state index contributed by atoms with van der Waals surface area (Å²) in [5.74, 6) is 1.22. The fourth-order valence-corrected chi connectivity index (χ4v) is 4.19. The topological polar surface area (TPSA) is 80.3 Å². The smallest absolute Gasteiger partial charge is 0.338 e. The van der Waals surface area contributed by atoms with E-state index in [2.05, 4.69) is 0 Å². The molecule has 0 bridgehead atoms. The second-order valence-electron chi connectivity index (χ2n) is 9.04. The Kier molecular flexibility index (Phi) is 6.49. The standard InChI is InChI=1S/C26H30O7/c1-16(2)13-32-25(28)26(10-5-11-26)15-33-22-19(8-9-21(29-3)23(22)30-4)17-6-7-20-18(12-17)14-31-24(20)27/h6-9,12,16H,5,10-11,13-15H2,1-4H3. The van der Waals surface area contributed by atoms with Gasteiger partial charge >= 0.3 is 11.9 Å². The van der Waals surface area contributed by atoms with Crippen LogP contribution in [0.4, 0.5) is 0 Å². The highest BCUT2D eigenvalue weighted by atomic mass is 16.6. The van der Waals surface area contributed by atoms with Crippen molar-refractivity contribution in [2.75, 3.05) is 27.4 Å². The van der Waals surface area contributed by atoms with E-state index in [9.17, 15) is 9.59 Å². The van der Waals surface area contributed by atoms with Gasteiger partial charge in [-0.05, 0) is 48.6 Å². The summed E-state index contributed by atoms with van der Waals surface area (Å²) < 4.78 is 28.2. The van der Waals surface area contributed by atoms with Crippen molar-refractivity contribution in [1.29, 1.82) is 0 Å². The predicted molar refractivity (Wildman–Crippen MR) is 122 cm³/mol. The number of ether oxygens (including phenoxy) is 5. The molecule has 2 aliphatic rings. The molecule has 1 saturated carbocycles. The van der Waals surface area contributed by atoms with E-state index < -0.39 is 5.41 Å². The summed E-state index contributed by atoms with van der Waals surface area (Å²) in [5, 5.41) is 0. The maximum Gasteiger partial charge on any atom is 0.338 e. The summed E-state index contributed by atoms with van der Waals surface area (Å²) in [6, 6.07) is 9.24. The monoisotopic (exact) mass is 454 g/mol. The minimum absolute atomic E-state index is 0.187. The van der Waals surface area contributed by atoms with Crippen LogP contribution in [0, 0.1) is 11.3 Å². The van der Waals surface area contributed by atoms with E-state index in [1.807, 2.05) is 38.1 Å². The number of carbonyl (C=O) groups is 2. The molecule has 1 aliphatic carbocycles. The lowest BCUT2D eigenvalue weighted by atomic mass is 9.69. The highest BCUT2D eigenvalue weighted by Gasteiger charge is 2.47. The second-order valence-corrected chi connectivity index (χ2v) is 9.04. The summed E-state index contributed by atoms with van der Waals surface area (Å²) in [7, 11) is 3.12. The molecule has 33 heavy (non-hydrogen) atoms. The van der Waals surface area contributed by atoms with Gasteiger partial charge in [-0.25, -0.2) is 4.79 Å². The van der Waals surface area contributed by atoms with Crippen LogP contribution in [0.1, 0.15) is 49.0 Å². The van der Waals surface area contributed by atoms with Gasteiger partial charge in [0.2, 0.25) is 5.75 Å². The summed E-state index contributed by atoms with van der Waals surface area (Å²) in [6.07, 6.45) is 2.41. The van der Waals surface area contributed by atoms with Gasteiger partial charge in [0, 0.05) is 11.1 Å². The number of esters is 2. The van der Waals surface area contributed by atoms with Gasteiger partial charge in [0.05, 0.1) is 26.4 Å². The van der Waals surface area contributed by atoms with Crippen LogP contribution in [0.15, 0.2) is 30.3 Å².